The Hall–Kier alpha value is -2.07. The van der Waals surface area contributed by atoms with Gasteiger partial charge in [-0.05, 0) is 30.7 Å². The van der Waals surface area contributed by atoms with E-state index in [1.807, 2.05) is 31.2 Å². The van der Waals surface area contributed by atoms with Crippen LogP contribution in [0.3, 0.4) is 0 Å². The first-order chi connectivity index (χ1) is 8.58. The minimum atomic E-state index is -0.0407. The summed E-state index contributed by atoms with van der Waals surface area (Å²) in [6, 6.07) is 12.1. The summed E-state index contributed by atoms with van der Waals surface area (Å²) in [5.74, 6) is -0.0315. The number of aryl methyl sites for hydroxylation is 1. The largest absolute Gasteiger partial charge is 0.508 e. The minimum absolute atomic E-state index is 0.00921. The van der Waals surface area contributed by atoms with Crippen molar-refractivity contribution in [1.82, 2.24) is 0 Å². The molecule has 3 nitrogen and oxygen atoms in total. The SMILES string of the molecule is Cc1ccccc1NC(=S)c1ccc(O)cc1O. The van der Waals surface area contributed by atoms with Gasteiger partial charge in [0, 0.05) is 11.8 Å². The molecule has 3 N–H and O–H groups in total. The highest BCUT2D eigenvalue weighted by Crippen LogP contribution is 2.24. The van der Waals surface area contributed by atoms with E-state index >= 15 is 0 Å². The minimum Gasteiger partial charge on any atom is -0.508 e. The first-order valence-corrected chi connectivity index (χ1v) is 5.87. The number of thiocarbonyl (C=S) groups is 1. The summed E-state index contributed by atoms with van der Waals surface area (Å²) in [5, 5.41) is 22.0. The Morgan fingerprint density at radius 1 is 1.11 bits per heavy atom. The molecule has 0 radical (unpaired) electrons. The van der Waals surface area contributed by atoms with E-state index in [-0.39, 0.29) is 11.5 Å². The van der Waals surface area contributed by atoms with E-state index in [4.69, 9.17) is 12.2 Å². The fourth-order valence-corrected chi connectivity index (χ4v) is 1.90. The normalized spacial score (nSPS) is 10.1. The van der Waals surface area contributed by atoms with Crippen molar-refractivity contribution in [2.45, 2.75) is 6.92 Å². The molecule has 2 aromatic carbocycles. The highest BCUT2D eigenvalue weighted by molar-refractivity contribution is 7.81. The van der Waals surface area contributed by atoms with Crippen molar-refractivity contribution in [3.05, 3.63) is 53.6 Å². The number of phenolic OH excluding ortho intramolecular Hbond substituents is 2. The molecule has 92 valence electrons. The van der Waals surface area contributed by atoms with Gasteiger partial charge in [0.25, 0.3) is 0 Å². The molecular weight excluding hydrogens is 246 g/mol. The van der Waals surface area contributed by atoms with Gasteiger partial charge in [-0.25, -0.2) is 0 Å². The molecule has 2 rings (SSSR count). The van der Waals surface area contributed by atoms with Crippen LogP contribution < -0.4 is 5.32 Å². The summed E-state index contributed by atoms with van der Waals surface area (Å²) >= 11 is 5.24. The Morgan fingerprint density at radius 2 is 1.83 bits per heavy atom. The zero-order valence-electron chi connectivity index (χ0n) is 9.84. The van der Waals surface area contributed by atoms with E-state index < -0.39 is 0 Å². The topological polar surface area (TPSA) is 52.5 Å². The van der Waals surface area contributed by atoms with Gasteiger partial charge < -0.3 is 15.5 Å². The van der Waals surface area contributed by atoms with Crippen LogP contribution in [-0.4, -0.2) is 15.2 Å². The zero-order valence-corrected chi connectivity index (χ0v) is 10.7. The molecule has 0 atom stereocenters. The average molecular weight is 259 g/mol. The summed E-state index contributed by atoms with van der Waals surface area (Å²) in [5.41, 5.74) is 2.46. The van der Waals surface area contributed by atoms with Crippen LogP contribution in [0.4, 0.5) is 5.69 Å². The Balaban J connectivity index is 2.25. The van der Waals surface area contributed by atoms with Gasteiger partial charge in [-0.1, -0.05) is 30.4 Å². The summed E-state index contributed by atoms with van der Waals surface area (Å²) in [6.07, 6.45) is 0. The number of hydrogen-bond acceptors (Lipinski definition) is 3. The third-order valence-electron chi connectivity index (χ3n) is 2.62. The van der Waals surface area contributed by atoms with Gasteiger partial charge in [-0.2, -0.15) is 0 Å². The van der Waals surface area contributed by atoms with Gasteiger partial charge in [-0.15, -0.1) is 0 Å². The van der Waals surface area contributed by atoms with Crippen LogP contribution >= 0.6 is 12.2 Å². The van der Waals surface area contributed by atoms with Crippen molar-refractivity contribution in [1.29, 1.82) is 0 Å². The Labute approximate surface area is 111 Å². The summed E-state index contributed by atoms with van der Waals surface area (Å²) in [4.78, 5) is 0.418. The van der Waals surface area contributed by atoms with Crippen molar-refractivity contribution < 1.29 is 10.2 Å². The van der Waals surface area contributed by atoms with Crippen LogP contribution in [0.25, 0.3) is 0 Å². The number of para-hydroxylation sites is 1. The van der Waals surface area contributed by atoms with Crippen molar-refractivity contribution in [2.24, 2.45) is 0 Å². The van der Waals surface area contributed by atoms with Gasteiger partial charge in [0.2, 0.25) is 0 Å². The number of aromatic hydroxyl groups is 2. The molecule has 0 aromatic heterocycles. The second kappa shape index (κ2) is 5.06. The third-order valence-corrected chi connectivity index (χ3v) is 2.94. The van der Waals surface area contributed by atoms with E-state index in [9.17, 15) is 10.2 Å². The first kappa shape index (κ1) is 12.4. The van der Waals surface area contributed by atoms with Crippen molar-refractivity contribution >= 4 is 22.9 Å². The molecule has 0 saturated carbocycles. The Morgan fingerprint density at radius 3 is 2.50 bits per heavy atom. The molecule has 18 heavy (non-hydrogen) atoms. The van der Waals surface area contributed by atoms with E-state index in [1.54, 1.807) is 6.07 Å². The lowest BCUT2D eigenvalue weighted by molar-refractivity contribution is 0.450. The lowest BCUT2D eigenvalue weighted by atomic mass is 10.1. The molecule has 0 saturated heterocycles. The van der Waals surface area contributed by atoms with Crippen LogP contribution in [0, 0.1) is 6.92 Å². The molecule has 0 aliphatic carbocycles. The highest BCUT2D eigenvalue weighted by Gasteiger charge is 2.09. The molecular formula is C14H13NO2S. The number of benzene rings is 2. The number of rotatable bonds is 2. The maximum absolute atomic E-state index is 9.72. The van der Waals surface area contributed by atoms with Gasteiger partial charge in [0.1, 0.15) is 16.5 Å². The standard InChI is InChI=1S/C14H13NO2S/c1-9-4-2-3-5-12(9)15-14(18)11-7-6-10(16)8-13(11)17/h2-8,16-17H,1H3,(H,15,18). The fraction of sp³-hybridized carbons (Fsp3) is 0.0714. The van der Waals surface area contributed by atoms with Crippen LogP contribution in [-0.2, 0) is 0 Å². The Bertz CT molecular complexity index is 596. The van der Waals surface area contributed by atoms with Crippen LogP contribution in [0.2, 0.25) is 0 Å². The van der Waals surface area contributed by atoms with Gasteiger partial charge in [0.15, 0.2) is 0 Å². The summed E-state index contributed by atoms with van der Waals surface area (Å²) < 4.78 is 0. The van der Waals surface area contributed by atoms with Gasteiger partial charge in [0.05, 0.1) is 5.56 Å². The molecule has 0 amide bonds. The highest BCUT2D eigenvalue weighted by atomic mass is 32.1. The second-order valence-corrected chi connectivity index (χ2v) is 4.38. The third kappa shape index (κ3) is 2.60. The van der Waals surface area contributed by atoms with E-state index in [1.165, 1.54) is 12.1 Å². The molecule has 0 aliphatic rings. The molecule has 0 aliphatic heterocycles. The molecule has 4 heteroatoms. The molecule has 0 unspecified atom stereocenters. The van der Waals surface area contributed by atoms with Crippen molar-refractivity contribution in [3.63, 3.8) is 0 Å². The predicted octanol–water partition coefficient (Wildman–Crippen LogP) is 3.19. The molecule has 2 aromatic rings. The molecule has 0 heterocycles. The molecule has 0 fully saturated rings. The summed E-state index contributed by atoms with van der Waals surface area (Å²) in [7, 11) is 0. The predicted molar refractivity (Wildman–Crippen MR) is 76.3 cm³/mol. The van der Waals surface area contributed by atoms with E-state index in [0.29, 0.717) is 10.6 Å². The lowest BCUT2D eigenvalue weighted by Crippen LogP contribution is -2.11. The zero-order chi connectivity index (χ0) is 13.1. The van der Waals surface area contributed by atoms with Gasteiger partial charge >= 0.3 is 0 Å². The number of nitrogens with one attached hydrogen (secondary N) is 1. The number of anilines is 1. The van der Waals surface area contributed by atoms with Gasteiger partial charge in [-0.3, -0.25) is 0 Å². The van der Waals surface area contributed by atoms with Crippen LogP contribution in [0.15, 0.2) is 42.5 Å². The lowest BCUT2D eigenvalue weighted by Gasteiger charge is -2.11. The summed E-state index contributed by atoms with van der Waals surface area (Å²) in [6.45, 7) is 1.97. The number of hydrogen-bond donors (Lipinski definition) is 3. The molecule has 0 bridgehead atoms. The first-order valence-electron chi connectivity index (χ1n) is 5.47. The van der Waals surface area contributed by atoms with Crippen LogP contribution in [0.1, 0.15) is 11.1 Å². The average Bonchev–Trinajstić information content (AvgIpc) is 2.32. The quantitative estimate of drug-likeness (QED) is 0.725. The molecule has 0 spiro atoms. The maximum Gasteiger partial charge on any atom is 0.129 e. The second-order valence-electron chi connectivity index (χ2n) is 3.97. The monoisotopic (exact) mass is 259 g/mol. The van der Waals surface area contributed by atoms with Crippen molar-refractivity contribution in [2.75, 3.05) is 5.32 Å². The number of phenols is 2. The van der Waals surface area contributed by atoms with Crippen LogP contribution in [0.5, 0.6) is 11.5 Å². The van der Waals surface area contributed by atoms with E-state index in [0.717, 1.165) is 11.3 Å². The smallest absolute Gasteiger partial charge is 0.129 e. The Kier molecular flexibility index (Phi) is 3.48. The maximum atomic E-state index is 9.72. The fourth-order valence-electron chi connectivity index (χ4n) is 1.61. The van der Waals surface area contributed by atoms with Crippen molar-refractivity contribution in [3.8, 4) is 11.5 Å². The van der Waals surface area contributed by atoms with E-state index in [2.05, 4.69) is 5.32 Å².